The van der Waals surface area contributed by atoms with E-state index in [1.807, 2.05) is 13.8 Å². The number of esters is 1. The number of carbonyl (C=O) groups is 1. The van der Waals surface area contributed by atoms with Crippen LogP contribution in [0.5, 0.6) is 5.75 Å². The Balaban J connectivity index is 2.74. The van der Waals surface area contributed by atoms with Gasteiger partial charge in [-0.15, -0.1) is 0 Å². The molecule has 0 aliphatic rings. The van der Waals surface area contributed by atoms with Crippen LogP contribution in [0.25, 0.3) is 0 Å². The molecule has 1 unspecified atom stereocenters. The molecule has 5 nitrogen and oxygen atoms in total. The maximum atomic E-state index is 11.4. The Morgan fingerprint density at radius 2 is 2.00 bits per heavy atom. The van der Waals surface area contributed by atoms with Gasteiger partial charge in [-0.3, -0.25) is 0 Å². The van der Waals surface area contributed by atoms with Crippen LogP contribution in [-0.2, 0) is 13.8 Å². The van der Waals surface area contributed by atoms with E-state index in [1.54, 1.807) is 24.3 Å². The molecular formula is C14H19ClO5S. The summed E-state index contributed by atoms with van der Waals surface area (Å²) in [4.78, 5) is 11.4. The van der Waals surface area contributed by atoms with Gasteiger partial charge in [-0.1, -0.05) is 19.9 Å². The van der Waals surface area contributed by atoms with E-state index in [0.29, 0.717) is 11.3 Å². The van der Waals surface area contributed by atoms with Crippen LogP contribution >= 0.6 is 10.7 Å². The molecule has 0 saturated heterocycles. The summed E-state index contributed by atoms with van der Waals surface area (Å²) in [6, 6.07) is 6.53. The average Bonchev–Trinajstić information content (AvgIpc) is 2.41. The van der Waals surface area contributed by atoms with Crippen LogP contribution < -0.4 is 4.74 Å². The van der Waals surface area contributed by atoms with E-state index >= 15 is 0 Å². The molecular weight excluding hydrogens is 316 g/mol. The minimum absolute atomic E-state index is 0.0994. The van der Waals surface area contributed by atoms with Gasteiger partial charge in [0.25, 0.3) is 0 Å². The van der Waals surface area contributed by atoms with Crippen LogP contribution in [-0.4, -0.2) is 33.9 Å². The van der Waals surface area contributed by atoms with E-state index in [0.717, 1.165) is 0 Å². The number of benzene rings is 1. The highest BCUT2D eigenvalue weighted by Gasteiger charge is 2.21. The highest BCUT2D eigenvalue weighted by atomic mass is 35.7. The lowest BCUT2D eigenvalue weighted by Crippen LogP contribution is -2.24. The lowest BCUT2D eigenvalue weighted by molar-refractivity contribution is 0.0600. The molecule has 0 saturated carbocycles. The minimum atomic E-state index is -3.58. The summed E-state index contributed by atoms with van der Waals surface area (Å²) >= 11 is 0. The van der Waals surface area contributed by atoms with Gasteiger partial charge < -0.3 is 9.47 Å². The molecule has 1 rings (SSSR count). The first kappa shape index (κ1) is 17.8. The molecule has 1 atom stereocenters. The third kappa shape index (κ3) is 6.35. The highest BCUT2D eigenvalue weighted by molar-refractivity contribution is 8.13. The fraction of sp³-hybridized carbons (Fsp3) is 0.500. The molecule has 0 amide bonds. The Hall–Kier alpha value is -1.27. The van der Waals surface area contributed by atoms with Crippen LogP contribution in [0.2, 0.25) is 0 Å². The molecule has 0 aromatic heterocycles. The number of carbonyl (C=O) groups excluding carboxylic acids is 1. The molecule has 21 heavy (non-hydrogen) atoms. The quantitative estimate of drug-likeness (QED) is 0.566. The SMILES string of the molecule is COC(=O)c1cccc(OCC(CS(=O)(=O)Cl)C(C)C)c1. The zero-order valence-electron chi connectivity index (χ0n) is 12.2. The van der Waals surface area contributed by atoms with Gasteiger partial charge in [-0.25, -0.2) is 13.2 Å². The second kappa shape index (κ2) is 7.66. The minimum Gasteiger partial charge on any atom is -0.493 e. The molecule has 0 N–H and O–H groups in total. The number of ether oxygens (including phenoxy) is 2. The fourth-order valence-corrected chi connectivity index (χ4v) is 3.20. The first-order chi connectivity index (χ1) is 9.73. The number of hydrogen-bond donors (Lipinski definition) is 0. The number of methoxy groups -OCH3 is 1. The van der Waals surface area contributed by atoms with E-state index in [9.17, 15) is 13.2 Å². The monoisotopic (exact) mass is 334 g/mol. The van der Waals surface area contributed by atoms with Gasteiger partial charge in [0.1, 0.15) is 5.75 Å². The summed E-state index contributed by atoms with van der Waals surface area (Å²) in [5, 5.41) is 0. The predicted octanol–water partition coefficient (Wildman–Crippen LogP) is 2.69. The van der Waals surface area contributed by atoms with E-state index in [1.165, 1.54) is 7.11 Å². The Bertz CT molecular complexity index is 583. The van der Waals surface area contributed by atoms with E-state index < -0.39 is 15.0 Å². The summed E-state index contributed by atoms with van der Waals surface area (Å²) in [7, 11) is 3.02. The number of hydrogen-bond acceptors (Lipinski definition) is 5. The van der Waals surface area contributed by atoms with E-state index in [4.69, 9.17) is 15.4 Å². The predicted molar refractivity (Wildman–Crippen MR) is 81.2 cm³/mol. The van der Waals surface area contributed by atoms with E-state index in [-0.39, 0.29) is 24.2 Å². The summed E-state index contributed by atoms with van der Waals surface area (Å²) in [5.41, 5.74) is 0.376. The first-order valence-corrected chi connectivity index (χ1v) is 8.94. The molecule has 7 heteroatoms. The standard InChI is InChI=1S/C14H19ClO5S/c1-10(2)12(9-21(15,17)18)8-20-13-6-4-5-11(7-13)14(16)19-3/h4-7,10,12H,8-9H2,1-3H3. The van der Waals surface area contributed by atoms with Crippen molar-refractivity contribution in [2.24, 2.45) is 11.8 Å². The van der Waals surface area contributed by atoms with Crippen molar-refractivity contribution in [3.05, 3.63) is 29.8 Å². The van der Waals surface area contributed by atoms with Crippen molar-refractivity contribution < 1.29 is 22.7 Å². The van der Waals surface area contributed by atoms with Gasteiger partial charge in [0.15, 0.2) is 0 Å². The molecule has 1 aromatic rings. The lowest BCUT2D eigenvalue weighted by Gasteiger charge is -2.19. The summed E-state index contributed by atoms with van der Waals surface area (Å²) < 4.78 is 32.6. The zero-order valence-corrected chi connectivity index (χ0v) is 13.8. The van der Waals surface area contributed by atoms with Crippen LogP contribution in [0, 0.1) is 11.8 Å². The maximum Gasteiger partial charge on any atom is 0.337 e. The number of rotatable bonds is 7. The Morgan fingerprint density at radius 1 is 1.33 bits per heavy atom. The molecule has 0 bridgehead atoms. The average molecular weight is 335 g/mol. The normalized spacial score (nSPS) is 13.0. The van der Waals surface area contributed by atoms with Gasteiger partial charge in [-0.2, -0.15) is 0 Å². The van der Waals surface area contributed by atoms with Crippen LogP contribution in [0.4, 0.5) is 0 Å². The Labute approximate surface area is 129 Å². The third-order valence-electron chi connectivity index (χ3n) is 3.08. The van der Waals surface area contributed by atoms with Crippen LogP contribution in [0.3, 0.4) is 0 Å². The molecule has 0 aliphatic carbocycles. The third-order valence-corrected chi connectivity index (χ3v) is 4.28. The topological polar surface area (TPSA) is 69.7 Å². The van der Waals surface area contributed by atoms with Gasteiger partial charge in [0.2, 0.25) is 9.05 Å². The molecule has 0 fully saturated rings. The van der Waals surface area contributed by atoms with Crippen molar-refractivity contribution in [3.8, 4) is 5.75 Å². The maximum absolute atomic E-state index is 11.4. The summed E-state index contributed by atoms with van der Waals surface area (Å²) in [5.74, 6) is -0.251. The second-order valence-corrected chi connectivity index (χ2v) is 7.86. The molecule has 118 valence electrons. The summed E-state index contributed by atoms with van der Waals surface area (Å²) in [6.45, 7) is 4.01. The lowest BCUT2D eigenvalue weighted by atomic mass is 9.99. The second-order valence-electron chi connectivity index (χ2n) is 5.04. The van der Waals surface area contributed by atoms with Gasteiger partial charge in [-0.05, 0) is 24.1 Å². The van der Waals surface area contributed by atoms with Gasteiger partial charge >= 0.3 is 5.97 Å². The zero-order chi connectivity index (χ0) is 16.0. The first-order valence-electron chi connectivity index (χ1n) is 6.46. The van der Waals surface area contributed by atoms with Crippen LogP contribution in [0.1, 0.15) is 24.2 Å². The van der Waals surface area contributed by atoms with Crippen LogP contribution in [0.15, 0.2) is 24.3 Å². The molecule has 0 radical (unpaired) electrons. The molecule has 1 aromatic carbocycles. The van der Waals surface area contributed by atoms with Crippen molar-refractivity contribution in [1.29, 1.82) is 0 Å². The smallest absolute Gasteiger partial charge is 0.337 e. The van der Waals surface area contributed by atoms with Gasteiger partial charge in [0, 0.05) is 16.6 Å². The van der Waals surface area contributed by atoms with Crippen molar-refractivity contribution in [3.63, 3.8) is 0 Å². The van der Waals surface area contributed by atoms with Gasteiger partial charge in [0.05, 0.1) is 25.0 Å². The van der Waals surface area contributed by atoms with Crippen molar-refractivity contribution in [2.45, 2.75) is 13.8 Å². The largest absolute Gasteiger partial charge is 0.493 e. The van der Waals surface area contributed by atoms with Crippen molar-refractivity contribution in [1.82, 2.24) is 0 Å². The van der Waals surface area contributed by atoms with E-state index in [2.05, 4.69) is 4.74 Å². The molecule has 0 aliphatic heterocycles. The Morgan fingerprint density at radius 3 is 2.52 bits per heavy atom. The fourth-order valence-electron chi connectivity index (χ4n) is 1.72. The molecule has 0 heterocycles. The number of halogens is 1. The van der Waals surface area contributed by atoms with Crippen molar-refractivity contribution >= 4 is 25.7 Å². The highest BCUT2D eigenvalue weighted by Crippen LogP contribution is 2.20. The van der Waals surface area contributed by atoms with Crippen molar-refractivity contribution in [2.75, 3.05) is 19.5 Å². The summed E-state index contributed by atoms with van der Waals surface area (Å²) in [6.07, 6.45) is 0. The molecule has 0 spiro atoms. The Kier molecular flexibility index (Phi) is 6.48.